The number of amides is 1. The lowest BCUT2D eigenvalue weighted by molar-refractivity contribution is -0.156. The molecule has 0 aromatic rings. The third-order valence-corrected chi connectivity index (χ3v) is 8.53. The van der Waals surface area contributed by atoms with E-state index in [4.69, 9.17) is 4.74 Å². The molecule has 26 heavy (non-hydrogen) atoms. The van der Waals surface area contributed by atoms with Gasteiger partial charge < -0.3 is 14.9 Å². The van der Waals surface area contributed by atoms with E-state index < -0.39 is 18.0 Å². The van der Waals surface area contributed by atoms with Crippen LogP contribution in [0.3, 0.4) is 0 Å². The molecule has 3 saturated heterocycles. The van der Waals surface area contributed by atoms with Gasteiger partial charge in [0.05, 0.1) is 21.6 Å². The molecule has 2 N–H and O–H groups in total. The summed E-state index contributed by atoms with van der Waals surface area (Å²) in [7, 11) is 0. The van der Waals surface area contributed by atoms with Crippen molar-refractivity contribution in [2.24, 2.45) is 5.92 Å². The van der Waals surface area contributed by atoms with Crippen LogP contribution in [0.5, 0.6) is 0 Å². The number of thioether (sulfide) groups is 2. The Balaban J connectivity index is 1.51. The minimum atomic E-state index is -1.06. The number of likely N-dealkylation sites (tertiary alicyclic amines) is 1. The molecule has 4 rings (SSSR count). The first kappa shape index (κ1) is 18.6. The van der Waals surface area contributed by atoms with Gasteiger partial charge in [-0.2, -0.15) is 0 Å². The zero-order valence-electron chi connectivity index (χ0n) is 14.7. The first-order chi connectivity index (χ1) is 12.5. The molecule has 0 aromatic carbocycles. The molecule has 144 valence electrons. The molecule has 7 nitrogen and oxygen atoms in total. The number of hydrogen-bond donors (Lipinski definition) is 2. The highest BCUT2D eigenvalue weighted by molar-refractivity contribution is 8.23. The van der Waals surface area contributed by atoms with Gasteiger partial charge in [-0.05, 0) is 39.2 Å². The Morgan fingerprint density at radius 2 is 2.08 bits per heavy atom. The standard InChI is InChI=1S/C17H24N2O5S2/c1-9(20)12-14(21)19-13(16(22)23)17(26-15(12)19)25-11-3-2-6-18(11)10-4-7-24-8-5-10/h9-12,15,20H,2-8H2,1H3,(H,22,23)/t9-,11-,12+,15-/m1/s1. The Hall–Kier alpha value is -0.740. The van der Waals surface area contributed by atoms with E-state index in [0.29, 0.717) is 10.3 Å². The summed E-state index contributed by atoms with van der Waals surface area (Å²) < 4.78 is 6.18. The van der Waals surface area contributed by atoms with Crippen molar-refractivity contribution in [1.29, 1.82) is 0 Å². The van der Waals surface area contributed by atoms with Crippen LogP contribution in [0.2, 0.25) is 0 Å². The van der Waals surface area contributed by atoms with Crippen LogP contribution >= 0.6 is 23.5 Å². The molecular formula is C17H24N2O5S2. The Morgan fingerprint density at radius 3 is 2.73 bits per heavy atom. The van der Waals surface area contributed by atoms with E-state index in [2.05, 4.69) is 4.90 Å². The van der Waals surface area contributed by atoms with Gasteiger partial charge in [-0.25, -0.2) is 4.79 Å². The molecule has 0 aromatic heterocycles. The fraction of sp³-hybridized carbons (Fsp3) is 0.765. The average molecular weight is 401 g/mol. The molecule has 1 amide bonds. The summed E-state index contributed by atoms with van der Waals surface area (Å²) in [5.41, 5.74) is 0.103. The highest BCUT2D eigenvalue weighted by atomic mass is 32.2. The Bertz CT molecular complexity index is 635. The van der Waals surface area contributed by atoms with Crippen LogP contribution in [0.15, 0.2) is 9.93 Å². The second-order valence-electron chi connectivity index (χ2n) is 7.22. The molecule has 4 aliphatic heterocycles. The number of carbonyl (C=O) groups excluding carboxylic acids is 1. The number of ether oxygens (including phenoxy) is 1. The average Bonchev–Trinajstić information content (AvgIpc) is 3.18. The van der Waals surface area contributed by atoms with Gasteiger partial charge >= 0.3 is 5.97 Å². The van der Waals surface area contributed by atoms with Gasteiger partial charge in [-0.15, -0.1) is 0 Å². The van der Waals surface area contributed by atoms with Gasteiger partial charge in [-0.1, -0.05) is 23.5 Å². The lowest BCUT2D eigenvalue weighted by Crippen LogP contribution is -2.60. The lowest BCUT2D eigenvalue weighted by atomic mass is 9.92. The van der Waals surface area contributed by atoms with Crippen LogP contribution in [-0.4, -0.2) is 74.5 Å². The largest absolute Gasteiger partial charge is 0.477 e. The summed E-state index contributed by atoms with van der Waals surface area (Å²) >= 11 is 3.02. The predicted octanol–water partition coefficient (Wildman–Crippen LogP) is 1.49. The van der Waals surface area contributed by atoms with Gasteiger partial charge in [0, 0.05) is 19.3 Å². The molecule has 0 bridgehead atoms. The summed E-state index contributed by atoms with van der Waals surface area (Å²) in [4.78, 5) is 28.0. The number of rotatable bonds is 5. The molecule has 3 fully saturated rings. The van der Waals surface area contributed by atoms with Crippen molar-refractivity contribution in [2.75, 3.05) is 19.8 Å². The van der Waals surface area contributed by atoms with Crippen molar-refractivity contribution >= 4 is 35.4 Å². The van der Waals surface area contributed by atoms with Crippen molar-refractivity contribution in [3.8, 4) is 0 Å². The van der Waals surface area contributed by atoms with Gasteiger partial charge in [0.1, 0.15) is 5.37 Å². The SMILES string of the molecule is C[C@@H](O)[C@H]1C(=O)N2C(C(=O)O)=C(S[C@@H]3CCCN3C3CCOCC3)S[C@H]12. The highest BCUT2D eigenvalue weighted by Gasteiger charge is 2.58. The molecule has 4 atom stereocenters. The van der Waals surface area contributed by atoms with Gasteiger partial charge in [0.25, 0.3) is 0 Å². The number of fused-ring (bicyclic) bond motifs is 1. The molecule has 4 aliphatic rings. The van der Waals surface area contributed by atoms with Crippen LogP contribution in [0.4, 0.5) is 0 Å². The summed E-state index contributed by atoms with van der Waals surface area (Å²) in [6.45, 7) is 4.20. The van der Waals surface area contributed by atoms with Crippen LogP contribution < -0.4 is 0 Å². The molecule has 4 heterocycles. The van der Waals surface area contributed by atoms with Crippen LogP contribution in [0.25, 0.3) is 0 Å². The second-order valence-corrected chi connectivity index (χ2v) is 9.79. The fourth-order valence-corrected chi connectivity index (χ4v) is 7.69. The molecule has 0 saturated carbocycles. The molecule has 9 heteroatoms. The number of carbonyl (C=O) groups is 2. The van der Waals surface area contributed by atoms with Crippen LogP contribution in [0.1, 0.15) is 32.6 Å². The number of hydrogen-bond acceptors (Lipinski definition) is 7. The van der Waals surface area contributed by atoms with Crippen LogP contribution in [0, 0.1) is 5.92 Å². The molecule has 0 unspecified atom stereocenters. The van der Waals surface area contributed by atoms with Crippen molar-refractivity contribution in [3.05, 3.63) is 9.93 Å². The summed E-state index contributed by atoms with van der Waals surface area (Å²) in [5.74, 6) is -1.85. The zero-order chi connectivity index (χ0) is 18.4. The minimum absolute atomic E-state index is 0.103. The lowest BCUT2D eigenvalue weighted by Gasteiger charge is -2.43. The monoisotopic (exact) mass is 400 g/mol. The Kier molecular flexibility index (Phi) is 5.26. The number of nitrogens with zero attached hydrogens (tertiary/aromatic N) is 2. The smallest absolute Gasteiger partial charge is 0.354 e. The van der Waals surface area contributed by atoms with E-state index in [1.165, 1.54) is 16.7 Å². The van der Waals surface area contributed by atoms with E-state index >= 15 is 0 Å². The fourth-order valence-electron chi connectivity index (χ4n) is 4.28. The topological polar surface area (TPSA) is 90.3 Å². The van der Waals surface area contributed by atoms with E-state index in [0.717, 1.165) is 45.4 Å². The number of carboxylic acid groups (broad SMARTS) is 1. The van der Waals surface area contributed by atoms with E-state index in [-0.39, 0.29) is 22.4 Å². The first-order valence-corrected chi connectivity index (χ1v) is 10.9. The van der Waals surface area contributed by atoms with Crippen molar-refractivity contribution < 1.29 is 24.5 Å². The van der Waals surface area contributed by atoms with Gasteiger partial charge in [-0.3, -0.25) is 14.6 Å². The van der Waals surface area contributed by atoms with Crippen molar-refractivity contribution in [1.82, 2.24) is 9.80 Å². The normalized spacial score (nSPS) is 34.2. The van der Waals surface area contributed by atoms with Gasteiger partial charge in [0.2, 0.25) is 5.91 Å². The number of β-lactam (4-membered cyclic amide) rings is 1. The van der Waals surface area contributed by atoms with Gasteiger partial charge in [0.15, 0.2) is 5.70 Å². The summed E-state index contributed by atoms with van der Waals surface area (Å²) in [6, 6.07) is 0.493. The van der Waals surface area contributed by atoms with Crippen LogP contribution in [-0.2, 0) is 14.3 Å². The van der Waals surface area contributed by atoms with E-state index in [9.17, 15) is 19.8 Å². The number of aliphatic hydroxyl groups excluding tert-OH is 1. The molecule has 0 radical (unpaired) electrons. The maximum absolute atomic E-state index is 12.3. The Morgan fingerprint density at radius 1 is 1.35 bits per heavy atom. The number of carboxylic acids is 1. The minimum Gasteiger partial charge on any atom is -0.477 e. The predicted molar refractivity (Wildman–Crippen MR) is 99.2 cm³/mol. The number of aliphatic carboxylic acids is 1. The zero-order valence-corrected chi connectivity index (χ0v) is 16.3. The third-order valence-electron chi connectivity index (χ3n) is 5.61. The molecular weight excluding hydrogens is 376 g/mol. The van der Waals surface area contributed by atoms with Crippen molar-refractivity contribution in [2.45, 2.75) is 55.5 Å². The quantitative estimate of drug-likeness (QED) is 0.671. The second kappa shape index (κ2) is 7.35. The van der Waals surface area contributed by atoms with Crippen molar-refractivity contribution in [3.63, 3.8) is 0 Å². The third kappa shape index (κ3) is 3.07. The highest BCUT2D eigenvalue weighted by Crippen LogP contribution is 2.55. The maximum atomic E-state index is 12.3. The summed E-state index contributed by atoms with van der Waals surface area (Å²) in [5, 5.41) is 19.5. The molecule has 0 aliphatic carbocycles. The number of aliphatic hydroxyl groups is 1. The first-order valence-electron chi connectivity index (χ1n) is 9.14. The summed E-state index contributed by atoms with van der Waals surface area (Å²) in [6.07, 6.45) is 3.41. The van der Waals surface area contributed by atoms with E-state index in [1.807, 2.05) is 0 Å². The molecule has 0 spiro atoms. The Labute approximate surface area is 161 Å². The maximum Gasteiger partial charge on any atom is 0.354 e. The van der Waals surface area contributed by atoms with E-state index in [1.54, 1.807) is 18.7 Å².